The second kappa shape index (κ2) is 3.91. The third-order valence-corrected chi connectivity index (χ3v) is 3.51. The van der Waals surface area contributed by atoms with Gasteiger partial charge in [0.2, 0.25) is 0 Å². The highest BCUT2D eigenvalue weighted by molar-refractivity contribution is 5.78. The molecule has 0 aliphatic carbocycles. The number of aromatic nitrogens is 2. The third-order valence-electron chi connectivity index (χ3n) is 3.51. The molecule has 1 aliphatic heterocycles. The number of nitrogens with zero attached hydrogens (tertiary/aromatic N) is 2. The van der Waals surface area contributed by atoms with Crippen LogP contribution in [0.25, 0.3) is 11.0 Å². The maximum Gasteiger partial charge on any atom is 0.0955 e. The van der Waals surface area contributed by atoms with Gasteiger partial charge in [0.1, 0.15) is 0 Å². The van der Waals surface area contributed by atoms with Crippen molar-refractivity contribution in [2.45, 2.75) is 12.8 Å². The van der Waals surface area contributed by atoms with Crippen molar-refractivity contribution in [1.82, 2.24) is 14.9 Å². The van der Waals surface area contributed by atoms with E-state index in [1.165, 1.54) is 29.6 Å². The largest absolute Gasteiger partial charge is 0.334 e. The van der Waals surface area contributed by atoms with Gasteiger partial charge in [0.15, 0.2) is 0 Å². The molecule has 1 fully saturated rings. The molecule has 2 aromatic rings. The van der Waals surface area contributed by atoms with Gasteiger partial charge in [0, 0.05) is 7.05 Å². The lowest BCUT2D eigenvalue weighted by atomic mass is 9.98. The molecule has 2 heterocycles. The first-order valence-electron chi connectivity index (χ1n) is 5.94. The Bertz CT molecular complexity index is 495. The van der Waals surface area contributed by atoms with Gasteiger partial charge in [-0.15, -0.1) is 0 Å². The van der Waals surface area contributed by atoms with Crippen LogP contribution in [0.15, 0.2) is 24.5 Å². The molecular formula is C13H17N3. The Kier molecular flexibility index (Phi) is 2.40. The number of imidazole rings is 1. The zero-order chi connectivity index (χ0) is 11.0. The first kappa shape index (κ1) is 9.85. The van der Waals surface area contributed by atoms with E-state index in [-0.39, 0.29) is 0 Å². The summed E-state index contributed by atoms with van der Waals surface area (Å²) in [4.78, 5) is 4.50. The summed E-state index contributed by atoms with van der Waals surface area (Å²) in [6.45, 7) is 2.33. The molecule has 1 aromatic carbocycles. The molecule has 1 aliphatic rings. The molecule has 1 aromatic heterocycles. The predicted octanol–water partition coefficient (Wildman–Crippen LogP) is 1.73. The van der Waals surface area contributed by atoms with E-state index in [0.717, 1.165) is 18.9 Å². The van der Waals surface area contributed by atoms with Crippen molar-refractivity contribution in [3.05, 3.63) is 30.1 Å². The van der Waals surface area contributed by atoms with E-state index in [1.807, 2.05) is 6.33 Å². The van der Waals surface area contributed by atoms with Gasteiger partial charge in [-0.2, -0.15) is 0 Å². The molecule has 1 unspecified atom stereocenters. The van der Waals surface area contributed by atoms with E-state index < -0.39 is 0 Å². The van der Waals surface area contributed by atoms with Gasteiger partial charge < -0.3 is 9.88 Å². The smallest absolute Gasteiger partial charge is 0.0955 e. The molecule has 3 rings (SSSR count). The Morgan fingerprint density at radius 3 is 3.25 bits per heavy atom. The molecule has 0 bridgehead atoms. The van der Waals surface area contributed by atoms with Gasteiger partial charge in [-0.1, -0.05) is 12.1 Å². The second-order valence-corrected chi connectivity index (χ2v) is 4.70. The summed E-state index contributed by atoms with van der Waals surface area (Å²) < 4.78 is 2.09. The SMILES string of the molecule is Cn1cnc2c(CC3CCNC3)cccc21. The Morgan fingerprint density at radius 1 is 1.50 bits per heavy atom. The Hall–Kier alpha value is -1.35. The van der Waals surface area contributed by atoms with E-state index in [2.05, 4.69) is 40.1 Å². The summed E-state index contributed by atoms with van der Waals surface area (Å²) >= 11 is 0. The minimum absolute atomic E-state index is 0.785. The van der Waals surface area contributed by atoms with Crippen molar-refractivity contribution < 1.29 is 0 Å². The highest BCUT2D eigenvalue weighted by atomic mass is 15.0. The molecule has 1 saturated heterocycles. The van der Waals surface area contributed by atoms with Gasteiger partial charge in [-0.05, 0) is 43.5 Å². The number of nitrogens with one attached hydrogen (secondary N) is 1. The molecule has 1 atom stereocenters. The number of hydrogen-bond acceptors (Lipinski definition) is 2. The minimum Gasteiger partial charge on any atom is -0.334 e. The number of aryl methyl sites for hydroxylation is 1. The summed E-state index contributed by atoms with van der Waals surface area (Å²) in [5.41, 5.74) is 3.81. The molecule has 16 heavy (non-hydrogen) atoms. The third kappa shape index (κ3) is 1.61. The number of benzene rings is 1. The lowest BCUT2D eigenvalue weighted by molar-refractivity contribution is 0.582. The van der Waals surface area contributed by atoms with E-state index in [0.29, 0.717) is 0 Å². The normalized spacial score (nSPS) is 20.7. The summed E-state index contributed by atoms with van der Waals surface area (Å²) in [6, 6.07) is 6.49. The van der Waals surface area contributed by atoms with Crippen LogP contribution in [-0.2, 0) is 13.5 Å². The maximum absolute atomic E-state index is 4.50. The number of hydrogen-bond donors (Lipinski definition) is 1. The zero-order valence-electron chi connectivity index (χ0n) is 9.61. The van der Waals surface area contributed by atoms with E-state index in [9.17, 15) is 0 Å². The molecule has 0 amide bonds. The fourth-order valence-corrected chi connectivity index (χ4v) is 2.58. The molecule has 0 radical (unpaired) electrons. The first-order chi connectivity index (χ1) is 7.84. The minimum atomic E-state index is 0.785. The number of para-hydroxylation sites is 1. The van der Waals surface area contributed by atoms with Crippen LogP contribution in [0.3, 0.4) is 0 Å². The highest BCUT2D eigenvalue weighted by Gasteiger charge is 2.16. The summed E-state index contributed by atoms with van der Waals surface area (Å²) in [5.74, 6) is 0.785. The van der Waals surface area contributed by atoms with Crippen molar-refractivity contribution in [3.63, 3.8) is 0 Å². The van der Waals surface area contributed by atoms with Crippen LogP contribution in [0.5, 0.6) is 0 Å². The quantitative estimate of drug-likeness (QED) is 0.826. The second-order valence-electron chi connectivity index (χ2n) is 4.70. The van der Waals surface area contributed by atoms with Crippen LogP contribution in [-0.4, -0.2) is 22.6 Å². The number of rotatable bonds is 2. The first-order valence-corrected chi connectivity index (χ1v) is 5.94. The molecule has 3 heteroatoms. The number of fused-ring (bicyclic) bond motifs is 1. The van der Waals surface area contributed by atoms with Gasteiger partial charge in [0.05, 0.1) is 17.4 Å². The van der Waals surface area contributed by atoms with Gasteiger partial charge >= 0.3 is 0 Å². The van der Waals surface area contributed by atoms with E-state index in [1.54, 1.807) is 0 Å². The fraction of sp³-hybridized carbons (Fsp3) is 0.462. The Morgan fingerprint density at radius 2 is 2.44 bits per heavy atom. The van der Waals surface area contributed by atoms with Crippen LogP contribution < -0.4 is 5.32 Å². The molecular weight excluding hydrogens is 198 g/mol. The lowest BCUT2D eigenvalue weighted by Gasteiger charge is -2.08. The van der Waals surface area contributed by atoms with Crippen LogP contribution >= 0.6 is 0 Å². The van der Waals surface area contributed by atoms with Crippen molar-refractivity contribution in [2.75, 3.05) is 13.1 Å². The van der Waals surface area contributed by atoms with Crippen molar-refractivity contribution in [3.8, 4) is 0 Å². The van der Waals surface area contributed by atoms with Crippen LogP contribution in [0.4, 0.5) is 0 Å². The summed E-state index contributed by atoms with van der Waals surface area (Å²) in [7, 11) is 2.05. The van der Waals surface area contributed by atoms with E-state index in [4.69, 9.17) is 0 Å². The predicted molar refractivity (Wildman–Crippen MR) is 65.4 cm³/mol. The summed E-state index contributed by atoms with van der Waals surface area (Å²) in [5, 5.41) is 3.42. The highest BCUT2D eigenvalue weighted by Crippen LogP contribution is 2.21. The van der Waals surface area contributed by atoms with Gasteiger partial charge in [0.25, 0.3) is 0 Å². The van der Waals surface area contributed by atoms with E-state index >= 15 is 0 Å². The lowest BCUT2D eigenvalue weighted by Crippen LogP contribution is -2.10. The monoisotopic (exact) mass is 215 g/mol. The molecule has 1 N–H and O–H groups in total. The topological polar surface area (TPSA) is 29.9 Å². The molecule has 0 spiro atoms. The van der Waals surface area contributed by atoms with Crippen LogP contribution in [0.2, 0.25) is 0 Å². The Balaban J connectivity index is 1.96. The average Bonchev–Trinajstić information content (AvgIpc) is 2.90. The standard InChI is InChI=1S/C13H17N3/c1-16-9-15-13-11(3-2-4-12(13)16)7-10-5-6-14-8-10/h2-4,9-10,14H,5-8H2,1H3. The van der Waals surface area contributed by atoms with Crippen LogP contribution in [0.1, 0.15) is 12.0 Å². The average molecular weight is 215 g/mol. The Labute approximate surface area is 95.5 Å². The van der Waals surface area contributed by atoms with Gasteiger partial charge in [-0.25, -0.2) is 4.98 Å². The van der Waals surface area contributed by atoms with Crippen molar-refractivity contribution in [2.24, 2.45) is 13.0 Å². The molecule has 84 valence electrons. The fourth-order valence-electron chi connectivity index (χ4n) is 2.58. The summed E-state index contributed by atoms with van der Waals surface area (Å²) in [6.07, 6.45) is 4.35. The van der Waals surface area contributed by atoms with Crippen molar-refractivity contribution >= 4 is 11.0 Å². The van der Waals surface area contributed by atoms with Crippen LogP contribution in [0, 0.1) is 5.92 Å². The zero-order valence-corrected chi connectivity index (χ0v) is 9.61. The van der Waals surface area contributed by atoms with Crippen molar-refractivity contribution in [1.29, 1.82) is 0 Å². The molecule has 3 nitrogen and oxygen atoms in total. The van der Waals surface area contributed by atoms with Gasteiger partial charge in [-0.3, -0.25) is 0 Å². The maximum atomic E-state index is 4.50. The molecule has 0 saturated carbocycles.